The van der Waals surface area contributed by atoms with Gasteiger partial charge in [-0.1, -0.05) is 35.9 Å². The highest BCUT2D eigenvalue weighted by molar-refractivity contribution is 6.29. The number of Topliss-reactive ketones (excluding diaryl/α,β-unsaturated/α-hetero) is 2. The number of carbonyl (C=O) groups is 2. The van der Waals surface area contributed by atoms with Gasteiger partial charge in [-0.25, -0.2) is 19.0 Å². The fourth-order valence-corrected chi connectivity index (χ4v) is 9.13. The van der Waals surface area contributed by atoms with Crippen molar-refractivity contribution in [2.75, 3.05) is 36.9 Å². The lowest BCUT2D eigenvalue weighted by Gasteiger charge is -2.14. The van der Waals surface area contributed by atoms with Gasteiger partial charge in [-0.3, -0.25) is 14.6 Å². The van der Waals surface area contributed by atoms with Crippen molar-refractivity contribution in [2.45, 2.75) is 90.3 Å². The van der Waals surface area contributed by atoms with Crippen LogP contribution in [0.15, 0.2) is 85.5 Å². The fraction of sp³-hybridized carbons (Fsp3) is 0.392. The summed E-state index contributed by atoms with van der Waals surface area (Å²) in [5, 5.41) is 16.8. The molecule has 2 saturated heterocycles. The van der Waals surface area contributed by atoms with Gasteiger partial charge in [0, 0.05) is 85.4 Å². The van der Waals surface area contributed by atoms with E-state index in [2.05, 4.69) is 31.8 Å². The maximum atomic E-state index is 12.7. The topological polar surface area (TPSA) is 150 Å². The molecule has 0 radical (unpaired) electrons. The summed E-state index contributed by atoms with van der Waals surface area (Å²) in [6.07, 6.45) is 18.0. The molecule has 7 aromatic rings. The molecule has 2 unspecified atom stereocenters. The van der Waals surface area contributed by atoms with Gasteiger partial charge >= 0.3 is 0 Å². The number of halogens is 1. The van der Waals surface area contributed by atoms with Crippen LogP contribution in [-0.2, 0) is 9.47 Å². The fourth-order valence-electron chi connectivity index (χ4n) is 8.94. The highest BCUT2D eigenvalue weighted by atomic mass is 35.5. The minimum atomic E-state index is 0.213. The lowest BCUT2D eigenvalue weighted by Crippen LogP contribution is -2.19. The van der Waals surface area contributed by atoms with E-state index in [0.29, 0.717) is 29.8 Å². The SMILES string of the molecule is Cc1cc(-c2cnc3c(NCC4CCCO4)cc(-c4ccncc4)nn23)ccc1C(=O)CC1CC1.Cc1cc(-c2cnc3c(NCC4CCCO4)cc(Cl)nn23)ccc1C(=O)CC1CC1. The minimum Gasteiger partial charge on any atom is -0.379 e. The molecule has 2 aliphatic carbocycles. The van der Waals surface area contributed by atoms with Gasteiger partial charge in [-0.05, 0) is 119 Å². The van der Waals surface area contributed by atoms with Crippen molar-refractivity contribution in [3.05, 3.63) is 113 Å². The molecule has 2 aliphatic heterocycles. The zero-order valence-electron chi connectivity index (χ0n) is 36.9. The van der Waals surface area contributed by atoms with E-state index in [0.717, 1.165) is 131 Å². The Hall–Kier alpha value is -6.02. The van der Waals surface area contributed by atoms with Gasteiger partial charge in [0.05, 0.1) is 53.1 Å². The van der Waals surface area contributed by atoms with Gasteiger partial charge in [0.1, 0.15) is 0 Å². The first kappa shape index (κ1) is 42.9. The predicted octanol–water partition coefficient (Wildman–Crippen LogP) is 10.3. The number of nitrogens with zero attached hydrogens (tertiary/aromatic N) is 7. The van der Waals surface area contributed by atoms with Gasteiger partial charge in [-0.2, -0.15) is 10.2 Å². The summed E-state index contributed by atoms with van der Waals surface area (Å²) in [7, 11) is 0. The molecule has 0 amide bonds. The highest BCUT2D eigenvalue weighted by Gasteiger charge is 2.27. The maximum Gasteiger partial charge on any atom is 0.177 e. The van der Waals surface area contributed by atoms with Crippen LogP contribution in [0.4, 0.5) is 11.4 Å². The molecule has 2 saturated carbocycles. The standard InChI is InChI=1S/C28H29N5O2.C23H25ClN4O2/c1-18-13-21(6-7-23(18)27(34)14-19-4-5-19)26-17-31-28-25(30-16-22-3-2-12-35-22)15-24(32-33(26)28)20-8-10-29-11-9-20;1-14-9-16(6-7-18(14)21(29)10-15-4-5-15)20-13-26-23-19(11-22(24)27-28(20)23)25-12-17-3-2-8-30-17/h6-11,13,15,17,19,22,30H,2-5,12,14,16H2,1H3;6-7,9,11,13,15,17,25H,2-5,8,10,12H2,1H3. The second-order valence-corrected chi connectivity index (χ2v) is 18.4. The number of anilines is 2. The van der Waals surface area contributed by atoms with E-state index < -0.39 is 0 Å². The number of hydrogen-bond donors (Lipinski definition) is 2. The van der Waals surface area contributed by atoms with Gasteiger partial charge in [0.25, 0.3) is 0 Å². The van der Waals surface area contributed by atoms with Crippen LogP contribution in [0.5, 0.6) is 0 Å². The van der Waals surface area contributed by atoms with E-state index in [1.54, 1.807) is 29.2 Å². The molecular weight excluding hydrogens is 838 g/mol. The highest BCUT2D eigenvalue weighted by Crippen LogP contribution is 2.36. The molecule has 14 heteroatoms. The van der Waals surface area contributed by atoms with Crippen LogP contribution in [0.25, 0.3) is 45.1 Å². The van der Waals surface area contributed by atoms with Crippen LogP contribution in [-0.4, -0.2) is 84.3 Å². The number of hydrogen-bond acceptors (Lipinski definition) is 11. The van der Waals surface area contributed by atoms with E-state index in [4.69, 9.17) is 31.2 Å². The Morgan fingerprint density at radius 1 is 0.646 bits per heavy atom. The Balaban J connectivity index is 0.000000155. The van der Waals surface area contributed by atoms with E-state index in [9.17, 15) is 9.59 Å². The molecule has 334 valence electrons. The number of ketones is 2. The van der Waals surface area contributed by atoms with Gasteiger partial charge in [0.15, 0.2) is 28.0 Å². The van der Waals surface area contributed by atoms with Gasteiger partial charge in [0.2, 0.25) is 0 Å². The predicted molar refractivity (Wildman–Crippen MR) is 253 cm³/mol. The minimum absolute atomic E-state index is 0.213. The van der Waals surface area contributed by atoms with Crippen molar-refractivity contribution < 1.29 is 19.1 Å². The normalized spacial score (nSPS) is 18.2. The number of carbonyl (C=O) groups excluding carboxylic acids is 2. The zero-order valence-corrected chi connectivity index (χ0v) is 37.7. The average molecular weight is 893 g/mol. The molecule has 2 N–H and O–H groups in total. The summed E-state index contributed by atoms with van der Waals surface area (Å²) in [6.45, 7) is 7.10. The number of fused-ring (bicyclic) bond motifs is 2. The molecule has 5 aromatic heterocycles. The Labute approximate surface area is 383 Å². The van der Waals surface area contributed by atoms with Gasteiger partial charge in [-0.15, -0.1) is 0 Å². The largest absolute Gasteiger partial charge is 0.379 e. The number of rotatable bonds is 15. The monoisotopic (exact) mass is 891 g/mol. The average Bonchev–Trinajstić information content (AvgIpc) is 3.97. The molecule has 2 atom stereocenters. The molecule has 7 heterocycles. The third kappa shape index (κ3) is 9.83. The first-order valence-corrected chi connectivity index (χ1v) is 23.4. The van der Waals surface area contributed by atoms with Crippen LogP contribution in [0.2, 0.25) is 5.15 Å². The van der Waals surface area contributed by atoms with E-state index >= 15 is 0 Å². The molecule has 2 aromatic carbocycles. The first-order chi connectivity index (χ1) is 31.7. The Kier molecular flexibility index (Phi) is 12.4. The molecular formula is C51H54ClN9O4. The third-order valence-electron chi connectivity index (χ3n) is 13.0. The molecule has 11 rings (SSSR count). The Bertz CT molecular complexity index is 2860. The van der Waals surface area contributed by atoms with E-state index in [1.807, 2.05) is 73.1 Å². The lowest BCUT2D eigenvalue weighted by molar-refractivity contribution is 0.0967. The van der Waals surface area contributed by atoms with E-state index in [1.165, 1.54) is 25.7 Å². The summed E-state index contributed by atoms with van der Waals surface area (Å²) in [6, 6.07) is 19.7. The number of nitrogens with one attached hydrogen (secondary N) is 2. The lowest BCUT2D eigenvalue weighted by atomic mass is 9.98. The summed E-state index contributed by atoms with van der Waals surface area (Å²) >= 11 is 6.31. The van der Waals surface area contributed by atoms with Crippen molar-refractivity contribution in [2.24, 2.45) is 11.8 Å². The number of ether oxygens (including phenoxy) is 2. The van der Waals surface area contributed by atoms with Crippen molar-refractivity contribution in [1.82, 2.24) is 34.2 Å². The molecule has 65 heavy (non-hydrogen) atoms. The van der Waals surface area contributed by atoms with Gasteiger partial charge < -0.3 is 20.1 Å². The van der Waals surface area contributed by atoms with Crippen molar-refractivity contribution >= 4 is 45.8 Å². The quantitative estimate of drug-likeness (QED) is 0.0947. The third-order valence-corrected chi connectivity index (χ3v) is 13.1. The van der Waals surface area contributed by atoms with Crippen LogP contribution >= 0.6 is 11.6 Å². The van der Waals surface area contributed by atoms with Crippen LogP contribution in [0.3, 0.4) is 0 Å². The number of imidazole rings is 2. The Morgan fingerprint density at radius 3 is 1.63 bits per heavy atom. The van der Waals surface area contributed by atoms with Crippen LogP contribution in [0.1, 0.15) is 96.1 Å². The van der Waals surface area contributed by atoms with E-state index in [-0.39, 0.29) is 23.8 Å². The summed E-state index contributed by atoms with van der Waals surface area (Å²) in [4.78, 5) is 38.7. The summed E-state index contributed by atoms with van der Waals surface area (Å²) < 4.78 is 15.2. The molecule has 0 spiro atoms. The number of aromatic nitrogens is 7. The first-order valence-electron chi connectivity index (χ1n) is 23.1. The summed E-state index contributed by atoms with van der Waals surface area (Å²) in [5.74, 6) is 1.65. The number of benzene rings is 2. The molecule has 13 nitrogen and oxygen atoms in total. The van der Waals surface area contributed by atoms with Crippen LogP contribution in [0, 0.1) is 25.7 Å². The second kappa shape index (κ2) is 18.8. The van der Waals surface area contributed by atoms with Crippen LogP contribution < -0.4 is 10.6 Å². The van der Waals surface area contributed by atoms with Crippen molar-refractivity contribution in [3.63, 3.8) is 0 Å². The summed E-state index contributed by atoms with van der Waals surface area (Å²) in [5.41, 5.74) is 12.3. The molecule has 4 aliphatic rings. The second-order valence-electron chi connectivity index (χ2n) is 18.1. The molecule has 4 fully saturated rings. The zero-order chi connectivity index (χ0) is 44.4. The van der Waals surface area contributed by atoms with Crippen molar-refractivity contribution in [1.29, 1.82) is 0 Å². The Morgan fingerprint density at radius 2 is 1.15 bits per heavy atom. The smallest absolute Gasteiger partial charge is 0.177 e. The molecule has 0 bridgehead atoms. The number of pyridine rings is 1. The number of aryl methyl sites for hydroxylation is 2. The maximum absolute atomic E-state index is 12.7. The van der Waals surface area contributed by atoms with Crippen molar-refractivity contribution in [3.8, 4) is 33.8 Å².